The van der Waals surface area contributed by atoms with Gasteiger partial charge in [0.1, 0.15) is 17.3 Å². The van der Waals surface area contributed by atoms with Crippen LogP contribution in [0.15, 0.2) is 88.3 Å². The highest BCUT2D eigenvalue weighted by molar-refractivity contribution is 9.10. The quantitative estimate of drug-likeness (QED) is 0.188. The molecule has 2 N–H and O–H groups in total. The first-order valence-electron chi connectivity index (χ1n) is 16.0. The molecule has 1 aliphatic heterocycles. The molecule has 0 saturated heterocycles. The van der Waals surface area contributed by atoms with Crippen molar-refractivity contribution >= 4 is 45.2 Å². The molecule has 0 radical (unpaired) electrons. The number of benzene rings is 3. The molecule has 1 fully saturated rings. The molecule has 1 aliphatic carbocycles. The summed E-state index contributed by atoms with van der Waals surface area (Å²) in [5, 5.41) is 6.48. The smallest absolute Gasteiger partial charge is 0.333 e. The number of anilines is 1. The maximum Gasteiger partial charge on any atom is 0.333 e. The van der Waals surface area contributed by atoms with Crippen LogP contribution in [0.5, 0.6) is 5.75 Å². The highest BCUT2D eigenvalue weighted by Gasteiger charge is 2.35. The summed E-state index contributed by atoms with van der Waals surface area (Å²) in [5.41, 5.74) is 2.72. The van der Waals surface area contributed by atoms with Gasteiger partial charge in [0, 0.05) is 48.0 Å². The first-order valence-corrected chi connectivity index (χ1v) is 17.1. The van der Waals surface area contributed by atoms with Gasteiger partial charge in [-0.05, 0) is 89.8 Å². The Balaban J connectivity index is 1.25. The van der Waals surface area contributed by atoms with Crippen molar-refractivity contribution in [3.8, 4) is 22.8 Å². The van der Waals surface area contributed by atoms with E-state index in [-0.39, 0.29) is 49.1 Å². The molecule has 2 aromatic heterocycles. The molecule has 7 rings (SSSR count). The number of amides is 2. The van der Waals surface area contributed by atoms with E-state index in [9.17, 15) is 14.4 Å². The molecule has 49 heavy (non-hydrogen) atoms. The molecule has 0 spiro atoms. The number of hydrogen-bond donors (Lipinski definition) is 2. The minimum absolute atomic E-state index is 0.0444. The van der Waals surface area contributed by atoms with Crippen molar-refractivity contribution in [2.75, 3.05) is 12.4 Å². The summed E-state index contributed by atoms with van der Waals surface area (Å²) >= 11 is 9.71. The standard InChI is InChI=1S/C36H33BrClN7O4/c1-21-19-44-30(20-43(21)35(47)22-7-14-28(37)29(38)17-22)32(45(36(44)48)24-8-10-25(11-9-24)49-26-12-13-26)34(46)41-18-23-5-3-4-6-27(23)33-40-16-15-31(39-2)42-33/h3-11,14-17,21,26H,12-13,18-20H2,1-2H3,(H,41,46)(H,39,40,42)/t21-/m1/s1. The van der Waals surface area contributed by atoms with Crippen molar-refractivity contribution in [2.24, 2.45) is 0 Å². The lowest BCUT2D eigenvalue weighted by molar-refractivity contribution is 0.0610. The van der Waals surface area contributed by atoms with Crippen molar-refractivity contribution in [2.45, 2.75) is 51.5 Å². The first-order chi connectivity index (χ1) is 23.7. The number of hydrogen-bond acceptors (Lipinski definition) is 7. The zero-order chi connectivity index (χ0) is 34.2. The molecule has 1 atom stereocenters. The number of nitrogens with one attached hydrogen (secondary N) is 2. The van der Waals surface area contributed by atoms with Crippen molar-refractivity contribution in [3.05, 3.63) is 121 Å². The van der Waals surface area contributed by atoms with Gasteiger partial charge >= 0.3 is 5.69 Å². The minimum Gasteiger partial charge on any atom is -0.490 e. The van der Waals surface area contributed by atoms with Gasteiger partial charge < -0.3 is 20.3 Å². The molecule has 2 aliphatic rings. The molecule has 3 aromatic carbocycles. The fourth-order valence-electron chi connectivity index (χ4n) is 5.99. The summed E-state index contributed by atoms with van der Waals surface area (Å²) in [6.45, 7) is 2.29. The number of halogens is 2. The van der Waals surface area contributed by atoms with Gasteiger partial charge in [0.25, 0.3) is 11.8 Å². The Hall–Kier alpha value is -4.94. The van der Waals surface area contributed by atoms with Gasteiger partial charge in [-0.3, -0.25) is 18.7 Å². The van der Waals surface area contributed by atoms with E-state index in [1.54, 1.807) is 59.1 Å². The Bertz CT molecular complexity index is 2130. The van der Waals surface area contributed by atoms with Gasteiger partial charge in [-0.25, -0.2) is 14.8 Å². The van der Waals surface area contributed by atoms with Crippen LogP contribution in [0.4, 0.5) is 5.82 Å². The predicted octanol–water partition coefficient (Wildman–Crippen LogP) is 6.07. The summed E-state index contributed by atoms with van der Waals surface area (Å²) in [6.07, 6.45) is 3.94. The van der Waals surface area contributed by atoms with Gasteiger partial charge in [0.2, 0.25) is 0 Å². The second-order valence-corrected chi connectivity index (χ2v) is 13.4. The molecular weight excluding hydrogens is 710 g/mol. The Morgan fingerprint density at radius 1 is 1.06 bits per heavy atom. The maximum atomic E-state index is 14.3. The fraction of sp³-hybridized carbons (Fsp3) is 0.250. The topological polar surface area (TPSA) is 123 Å². The van der Waals surface area contributed by atoms with Crippen molar-refractivity contribution < 1.29 is 14.3 Å². The van der Waals surface area contributed by atoms with E-state index in [1.165, 1.54) is 4.57 Å². The molecule has 2 amide bonds. The lowest BCUT2D eigenvalue weighted by Gasteiger charge is -2.34. The van der Waals surface area contributed by atoms with Crippen LogP contribution in [-0.2, 0) is 19.6 Å². The summed E-state index contributed by atoms with van der Waals surface area (Å²) in [7, 11) is 1.79. The molecule has 3 heterocycles. The second-order valence-electron chi connectivity index (χ2n) is 12.1. The first kappa shape index (κ1) is 32.6. The van der Waals surface area contributed by atoms with E-state index in [4.69, 9.17) is 16.3 Å². The van der Waals surface area contributed by atoms with E-state index in [0.717, 1.165) is 24.0 Å². The lowest BCUT2D eigenvalue weighted by Crippen LogP contribution is -2.47. The SMILES string of the molecule is CNc1ccnc(-c2ccccc2CNC(=O)c2c3n(c(=O)n2-c2ccc(OC4CC4)cc2)C[C@@H](C)N(C(=O)c2ccc(Br)c(Cl)c2)C3)n1. The zero-order valence-electron chi connectivity index (χ0n) is 26.8. The van der Waals surface area contributed by atoms with E-state index in [2.05, 4.69) is 36.5 Å². The van der Waals surface area contributed by atoms with Gasteiger partial charge in [0.05, 0.1) is 29.1 Å². The number of imidazole rings is 1. The normalized spacial score (nSPS) is 15.4. The summed E-state index contributed by atoms with van der Waals surface area (Å²) in [6, 6.07) is 21.2. The van der Waals surface area contributed by atoms with E-state index < -0.39 is 5.91 Å². The van der Waals surface area contributed by atoms with Crippen LogP contribution in [0.1, 0.15) is 51.9 Å². The van der Waals surface area contributed by atoms with Crippen molar-refractivity contribution in [3.63, 3.8) is 0 Å². The van der Waals surface area contributed by atoms with Crippen LogP contribution in [-0.4, -0.2) is 55.0 Å². The number of carbonyl (C=O) groups is 2. The van der Waals surface area contributed by atoms with Crippen LogP contribution in [0.3, 0.4) is 0 Å². The number of ether oxygens (including phenoxy) is 1. The number of aromatic nitrogens is 4. The monoisotopic (exact) mass is 741 g/mol. The molecule has 250 valence electrons. The summed E-state index contributed by atoms with van der Waals surface area (Å²) in [5.74, 6) is 1.17. The van der Waals surface area contributed by atoms with Crippen molar-refractivity contribution in [1.82, 2.24) is 29.3 Å². The highest BCUT2D eigenvalue weighted by Crippen LogP contribution is 2.30. The number of fused-ring (bicyclic) bond motifs is 1. The third-order valence-electron chi connectivity index (χ3n) is 8.72. The van der Waals surface area contributed by atoms with Gasteiger partial charge in [0.15, 0.2) is 5.82 Å². The molecule has 1 saturated carbocycles. The minimum atomic E-state index is -0.461. The molecule has 0 bridgehead atoms. The summed E-state index contributed by atoms with van der Waals surface area (Å²) < 4.78 is 9.62. The van der Waals surface area contributed by atoms with E-state index >= 15 is 0 Å². The third-order valence-corrected chi connectivity index (χ3v) is 9.95. The lowest BCUT2D eigenvalue weighted by atomic mass is 10.1. The highest BCUT2D eigenvalue weighted by atomic mass is 79.9. The molecule has 11 nitrogen and oxygen atoms in total. The Morgan fingerprint density at radius 2 is 1.84 bits per heavy atom. The van der Waals surface area contributed by atoms with Crippen molar-refractivity contribution in [1.29, 1.82) is 0 Å². The van der Waals surface area contributed by atoms with Crippen LogP contribution in [0.25, 0.3) is 17.1 Å². The summed E-state index contributed by atoms with van der Waals surface area (Å²) in [4.78, 5) is 52.9. The molecule has 0 unspecified atom stereocenters. The largest absolute Gasteiger partial charge is 0.490 e. The Morgan fingerprint density at radius 3 is 2.57 bits per heavy atom. The van der Waals surface area contributed by atoms with Crippen LogP contribution >= 0.6 is 27.5 Å². The van der Waals surface area contributed by atoms with Gasteiger partial charge in [-0.1, -0.05) is 35.9 Å². The average molecular weight is 743 g/mol. The second kappa shape index (κ2) is 13.5. The molecule has 13 heteroatoms. The molecular formula is C36H33BrClN7O4. The van der Waals surface area contributed by atoms with Crippen LogP contribution in [0, 0.1) is 0 Å². The Kier molecular flexibility index (Phi) is 9.00. The van der Waals surface area contributed by atoms with Crippen LogP contribution in [0.2, 0.25) is 5.02 Å². The van der Waals surface area contributed by atoms with Gasteiger partial charge in [-0.15, -0.1) is 0 Å². The van der Waals surface area contributed by atoms with E-state index in [0.29, 0.717) is 43.8 Å². The zero-order valence-corrected chi connectivity index (χ0v) is 29.2. The number of nitrogens with zero attached hydrogens (tertiary/aromatic N) is 5. The van der Waals surface area contributed by atoms with Crippen LogP contribution < -0.4 is 21.1 Å². The third kappa shape index (κ3) is 6.58. The van der Waals surface area contributed by atoms with E-state index in [1.807, 2.05) is 43.3 Å². The number of rotatable bonds is 9. The van der Waals surface area contributed by atoms with Gasteiger partial charge in [-0.2, -0.15) is 0 Å². The fourth-order valence-corrected chi connectivity index (χ4v) is 6.42. The predicted molar refractivity (Wildman–Crippen MR) is 190 cm³/mol. The Labute approximate surface area is 296 Å². The number of carbonyl (C=O) groups excluding carboxylic acids is 2. The maximum absolute atomic E-state index is 14.3. The average Bonchev–Trinajstić information content (AvgIpc) is 3.90. The molecule has 5 aromatic rings.